The van der Waals surface area contributed by atoms with E-state index in [9.17, 15) is 5.11 Å². The minimum absolute atomic E-state index is 0.00837. The fourth-order valence-electron chi connectivity index (χ4n) is 1.17. The summed E-state index contributed by atoms with van der Waals surface area (Å²) in [6, 6.07) is 3.98. The molecule has 0 radical (unpaired) electrons. The lowest BCUT2D eigenvalue weighted by atomic mass is 10.1. The van der Waals surface area contributed by atoms with Gasteiger partial charge in [0.25, 0.3) is 0 Å². The predicted octanol–water partition coefficient (Wildman–Crippen LogP) is 0.351. The molecule has 0 bridgehead atoms. The Morgan fingerprint density at radius 1 is 1.38 bits per heavy atom. The Balaban J connectivity index is 2.99. The summed E-state index contributed by atoms with van der Waals surface area (Å²) < 4.78 is 0. The molecule has 13 heavy (non-hydrogen) atoms. The van der Waals surface area contributed by atoms with Crippen LogP contribution in [-0.4, -0.2) is 29.0 Å². The van der Waals surface area contributed by atoms with E-state index in [1.807, 2.05) is 0 Å². The van der Waals surface area contributed by atoms with Gasteiger partial charge in [-0.1, -0.05) is 0 Å². The van der Waals surface area contributed by atoms with Gasteiger partial charge >= 0.3 is 0 Å². The number of rotatable bonds is 3. The summed E-state index contributed by atoms with van der Waals surface area (Å²) in [7, 11) is 1.69. The highest BCUT2D eigenvalue weighted by atomic mass is 16.3. The zero-order valence-corrected chi connectivity index (χ0v) is 7.36. The third-order valence-corrected chi connectivity index (χ3v) is 1.92. The number of benzene rings is 1. The normalized spacial score (nSPS) is 12.8. The van der Waals surface area contributed by atoms with Crippen LogP contribution in [0.4, 0.5) is 0 Å². The van der Waals surface area contributed by atoms with E-state index in [-0.39, 0.29) is 24.1 Å². The number of phenolic OH excluding ortho intramolecular Hbond substituents is 2. The molecule has 0 amide bonds. The molecule has 1 aromatic carbocycles. The van der Waals surface area contributed by atoms with Crippen molar-refractivity contribution in [2.75, 3.05) is 13.7 Å². The molecule has 0 aliphatic rings. The second kappa shape index (κ2) is 4.11. The van der Waals surface area contributed by atoms with Gasteiger partial charge in [-0.25, -0.2) is 0 Å². The molecule has 0 aliphatic carbocycles. The van der Waals surface area contributed by atoms with E-state index in [1.165, 1.54) is 12.1 Å². The van der Waals surface area contributed by atoms with Gasteiger partial charge in [-0.05, 0) is 19.2 Å². The van der Waals surface area contributed by atoms with Gasteiger partial charge in [0.05, 0.1) is 12.6 Å². The van der Waals surface area contributed by atoms with E-state index in [4.69, 9.17) is 10.2 Å². The Labute approximate surface area is 76.5 Å². The summed E-state index contributed by atoms with van der Waals surface area (Å²) in [6.45, 7) is -0.102. The highest BCUT2D eigenvalue weighted by molar-refractivity contribution is 5.40. The number of phenols is 2. The van der Waals surface area contributed by atoms with Crippen molar-refractivity contribution >= 4 is 0 Å². The van der Waals surface area contributed by atoms with Crippen molar-refractivity contribution < 1.29 is 15.3 Å². The average molecular weight is 183 g/mol. The van der Waals surface area contributed by atoms with Crippen molar-refractivity contribution in [2.24, 2.45) is 0 Å². The van der Waals surface area contributed by atoms with Crippen LogP contribution in [0, 0.1) is 0 Å². The first-order valence-corrected chi connectivity index (χ1v) is 3.99. The van der Waals surface area contributed by atoms with E-state index >= 15 is 0 Å². The van der Waals surface area contributed by atoms with Gasteiger partial charge < -0.3 is 20.6 Å². The van der Waals surface area contributed by atoms with Crippen molar-refractivity contribution in [3.63, 3.8) is 0 Å². The molecule has 0 unspecified atom stereocenters. The Hall–Kier alpha value is -1.26. The molecule has 0 aromatic heterocycles. The zero-order valence-electron chi connectivity index (χ0n) is 7.36. The van der Waals surface area contributed by atoms with Gasteiger partial charge in [0.1, 0.15) is 11.5 Å². The second-order valence-electron chi connectivity index (χ2n) is 2.77. The van der Waals surface area contributed by atoms with E-state index in [0.717, 1.165) is 0 Å². The van der Waals surface area contributed by atoms with Crippen LogP contribution in [-0.2, 0) is 0 Å². The Morgan fingerprint density at radius 2 is 2.08 bits per heavy atom. The number of hydrogen-bond donors (Lipinski definition) is 4. The summed E-state index contributed by atoms with van der Waals surface area (Å²) in [5, 5.41) is 30.2. The molecule has 4 heteroatoms. The van der Waals surface area contributed by atoms with Crippen LogP contribution in [0.5, 0.6) is 11.5 Å². The van der Waals surface area contributed by atoms with Crippen LogP contribution in [0.2, 0.25) is 0 Å². The quantitative estimate of drug-likeness (QED) is 0.545. The van der Waals surface area contributed by atoms with Gasteiger partial charge in [-0.3, -0.25) is 0 Å². The number of aliphatic hydroxyl groups is 1. The van der Waals surface area contributed by atoms with Crippen LogP contribution in [0.1, 0.15) is 11.6 Å². The number of hydrogen-bond acceptors (Lipinski definition) is 4. The molecular weight excluding hydrogens is 170 g/mol. The lowest BCUT2D eigenvalue weighted by molar-refractivity contribution is 0.248. The third kappa shape index (κ3) is 2.11. The predicted molar refractivity (Wildman–Crippen MR) is 48.7 cm³/mol. The van der Waals surface area contributed by atoms with Gasteiger partial charge in [0, 0.05) is 11.6 Å². The van der Waals surface area contributed by atoms with Crippen molar-refractivity contribution in [1.82, 2.24) is 5.32 Å². The molecule has 72 valence electrons. The van der Waals surface area contributed by atoms with Crippen LogP contribution in [0.15, 0.2) is 18.2 Å². The van der Waals surface area contributed by atoms with E-state index in [1.54, 1.807) is 13.1 Å². The highest BCUT2D eigenvalue weighted by Crippen LogP contribution is 2.27. The van der Waals surface area contributed by atoms with Gasteiger partial charge in [-0.15, -0.1) is 0 Å². The Bertz CT molecular complexity index is 284. The van der Waals surface area contributed by atoms with Gasteiger partial charge in [-0.2, -0.15) is 0 Å². The number of aromatic hydroxyl groups is 2. The molecule has 0 spiro atoms. The molecule has 0 aliphatic heterocycles. The Kier molecular flexibility index (Phi) is 3.11. The molecule has 1 aromatic rings. The average Bonchev–Trinajstić information content (AvgIpc) is 2.10. The fourth-order valence-corrected chi connectivity index (χ4v) is 1.17. The van der Waals surface area contributed by atoms with Crippen LogP contribution in [0.3, 0.4) is 0 Å². The highest BCUT2D eigenvalue weighted by Gasteiger charge is 2.12. The first-order chi connectivity index (χ1) is 6.19. The number of nitrogens with one attached hydrogen (secondary N) is 1. The van der Waals surface area contributed by atoms with Gasteiger partial charge in [0.15, 0.2) is 0 Å². The zero-order chi connectivity index (χ0) is 9.84. The molecule has 1 atom stereocenters. The Morgan fingerprint density at radius 3 is 2.54 bits per heavy atom. The maximum absolute atomic E-state index is 9.41. The molecule has 0 fully saturated rings. The summed E-state index contributed by atoms with van der Waals surface area (Å²) in [5.41, 5.74) is 0.572. The summed E-state index contributed by atoms with van der Waals surface area (Å²) in [6.07, 6.45) is 0. The minimum Gasteiger partial charge on any atom is -0.508 e. The SMILES string of the molecule is CN[C@H](CO)c1ccc(O)cc1O. The second-order valence-corrected chi connectivity index (χ2v) is 2.77. The lowest BCUT2D eigenvalue weighted by Gasteiger charge is -2.14. The van der Waals surface area contributed by atoms with Gasteiger partial charge in [0.2, 0.25) is 0 Å². The van der Waals surface area contributed by atoms with E-state index in [0.29, 0.717) is 5.56 Å². The molecular formula is C9H13NO3. The smallest absolute Gasteiger partial charge is 0.124 e. The van der Waals surface area contributed by atoms with Crippen LogP contribution in [0.25, 0.3) is 0 Å². The molecule has 0 heterocycles. The van der Waals surface area contributed by atoms with Crippen LogP contribution >= 0.6 is 0 Å². The van der Waals surface area contributed by atoms with Crippen molar-refractivity contribution in [3.8, 4) is 11.5 Å². The monoisotopic (exact) mass is 183 g/mol. The van der Waals surface area contributed by atoms with E-state index in [2.05, 4.69) is 5.32 Å². The van der Waals surface area contributed by atoms with Crippen molar-refractivity contribution in [3.05, 3.63) is 23.8 Å². The standard InChI is InChI=1S/C9H13NO3/c1-10-8(5-11)7-3-2-6(12)4-9(7)13/h2-4,8,10-13H,5H2,1H3/t8-/m1/s1. The molecule has 4 nitrogen and oxygen atoms in total. The maximum atomic E-state index is 9.41. The first-order valence-electron chi connectivity index (χ1n) is 3.99. The van der Waals surface area contributed by atoms with E-state index < -0.39 is 0 Å². The summed E-state index contributed by atoms with van der Waals surface area (Å²) in [4.78, 5) is 0. The maximum Gasteiger partial charge on any atom is 0.124 e. The van der Waals surface area contributed by atoms with Crippen LogP contribution < -0.4 is 5.32 Å². The lowest BCUT2D eigenvalue weighted by Crippen LogP contribution is -2.19. The summed E-state index contributed by atoms with van der Waals surface area (Å²) in [5.74, 6) is -0.0116. The number of aliphatic hydroxyl groups excluding tert-OH is 1. The third-order valence-electron chi connectivity index (χ3n) is 1.92. The topological polar surface area (TPSA) is 72.7 Å². The first kappa shape index (κ1) is 9.83. The molecule has 0 saturated carbocycles. The molecule has 1 rings (SSSR count). The van der Waals surface area contributed by atoms with Crippen molar-refractivity contribution in [2.45, 2.75) is 6.04 Å². The largest absolute Gasteiger partial charge is 0.508 e. The number of likely N-dealkylation sites (N-methyl/N-ethyl adjacent to an activating group) is 1. The molecule has 4 N–H and O–H groups in total. The molecule has 0 saturated heterocycles. The minimum atomic E-state index is -0.305. The fraction of sp³-hybridized carbons (Fsp3) is 0.333. The van der Waals surface area contributed by atoms with Crippen molar-refractivity contribution in [1.29, 1.82) is 0 Å². The summed E-state index contributed by atoms with van der Waals surface area (Å²) >= 11 is 0.